The molecule has 0 saturated heterocycles. The van der Waals surface area contributed by atoms with Gasteiger partial charge in [0.1, 0.15) is 0 Å². The second-order valence-corrected chi connectivity index (χ2v) is 2.61. The maximum Gasteiger partial charge on any atom is 0.182 e. The number of hydrogen-bond donors (Lipinski definition) is 1. The number of nitrogens with two attached hydrogens (primary N) is 1. The quantitative estimate of drug-likeness (QED) is 0.513. The first-order valence-corrected chi connectivity index (χ1v) is 3.31. The van der Waals surface area contributed by atoms with Crippen LogP contribution >= 0.6 is 15.9 Å². The second-order valence-electron chi connectivity index (χ2n) is 1.76. The molecule has 0 radical (unpaired) electrons. The van der Waals surface area contributed by atoms with Gasteiger partial charge in [-0.1, -0.05) is 0 Å². The molecule has 0 spiro atoms. The molecule has 1 aromatic rings. The molecule has 1 nitrogen and oxygen atoms in total. The van der Waals surface area contributed by atoms with E-state index in [2.05, 4.69) is 15.9 Å². The van der Waals surface area contributed by atoms with Gasteiger partial charge < -0.3 is 5.73 Å². The first kappa shape index (κ1) is 7.47. The molecule has 0 saturated carbocycles. The predicted octanol–water partition coefficient (Wildman–Crippen LogP) is 2.31. The highest BCUT2D eigenvalue weighted by atomic mass is 79.9. The van der Waals surface area contributed by atoms with E-state index < -0.39 is 11.6 Å². The Morgan fingerprint density at radius 2 is 1.90 bits per heavy atom. The Balaban J connectivity index is 3.34. The summed E-state index contributed by atoms with van der Waals surface area (Å²) in [6.45, 7) is 0. The molecule has 0 aliphatic rings. The number of benzene rings is 1. The molecular weight excluding hydrogens is 204 g/mol. The third-order valence-electron chi connectivity index (χ3n) is 1.08. The van der Waals surface area contributed by atoms with Gasteiger partial charge in [0.05, 0.1) is 5.69 Å². The summed E-state index contributed by atoms with van der Waals surface area (Å²) >= 11 is 2.95. The van der Waals surface area contributed by atoms with E-state index >= 15 is 0 Å². The van der Waals surface area contributed by atoms with Crippen molar-refractivity contribution in [3.05, 3.63) is 28.2 Å². The molecule has 0 fully saturated rings. The van der Waals surface area contributed by atoms with Gasteiger partial charge in [-0.15, -0.1) is 0 Å². The van der Waals surface area contributed by atoms with E-state index in [-0.39, 0.29) is 5.69 Å². The molecule has 0 aliphatic carbocycles. The Hall–Kier alpha value is -0.640. The number of hydrogen-bond acceptors (Lipinski definition) is 1. The van der Waals surface area contributed by atoms with E-state index in [1.54, 1.807) is 0 Å². The van der Waals surface area contributed by atoms with Crippen molar-refractivity contribution in [2.24, 2.45) is 0 Å². The summed E-state index contributed by atoms with van der Waals surface area (Å²) in [6, 6.07) is 2.36. The SMILES string of the molecule is Nc1c(Br)ccc(F)c1F. The van der Waals surface area contributed by atoms with Crippen molar-refractivity contribution in [1.82, 2.24) is 0 Å². The highest BCUT2D eigenvalue weighted by Crippen LogP contribution is 2.23. The highest BCUT2D eigenvalue weighted by molar-refractivity contribution is 9.10. The Kier molecular flexibility index (Phi) is 1.89. The van der Waals surface area contributed by atoms with Gasteiger partial charge in [-0.3, -0.25) is 0 Å². The molecular formula is C6H4BrF2N. The minimum Gasteiger partial charge on any atom is -0.395 e. The van der Waals surface area contributed by atoms with Crippen molar-refractivity contribution in [1.29, 1.82) is 0 Å². The van der Waals surface area contributed by atoms with Gasteiger partial charge >= 0.3 is 0 Å². The third-order valence-corrected chi connectivity index (χ3v) is 1.77. The largest absolute Gasteiger partial charge is 0.395 e. The normalized spacial score (nSPS) is 9.90. The van der Waals surface area contributed by atoms with Crippen LogP contribution in [0.3, 0.4) is 0 Å². The standard InChI is InChI=1S/C6H4BrF2N/c7-3-1-2-4(8)5(9)6(3)10/h1-2H,10H2. The fourth-order valence-corrected chi connectivity index (χ4v) is 0.849. The predicted molar refractivity (Wildman–Crippen MR) is 38.5 cm³/mol. The lowest BCUT2D eigenvalue weighted by molar-refractivity contribution is 0.511. The second kappa shape index (κ2) is 2.54. The lowest BCUT2D eigenvalue weighted by Crippen LogP contribution is -1.94. The summed E-state index contributed by atoms with van der Waals surface area (Å²) < 4.78 is 25.1. The number of halogens is 3. The van der Waals surface area contributed by atoms with Crippen LogP contribution in [-0.4, -0.2) is 0 Å². The zero-order chi connectivity index (χ0) is 7.72. The first-order chi connectivity index (χ1) is 4.63. The van der Waals surface area contributed by atoms with Crippen molar-refractivity contribution in [2.75, 3.05) is 5.73 Å². The van der Waals surface area contributed by atoms with Crippen LogP contribution in [0, 0.1) is 11.6 Å². The van der Waals surface area contributed by atoms with Crippen LogP contribution in [0.25, 0.3) is 0 Å². The Morgan fingerprint density at radius 1 is 1.30 bits per heavy atom. The van der Waals surface area contributed by atoms with Crippen molar-refractivity contribution < 1.29 is 8.78 Å². The summed E-state index contributed by atoms with van der Waals surface area (Å²) in [5.41, 5.74) is 4.93. The van der Waals surface area contributed by atoms with Crippen molar-refractivity contribution >= 4 is 21.6 Å². The van der Waals surface area contributed by atoms with Gasteiger partial charge in [-0.25, -0.2) is 8.78 Å². The van der Waals surface area contributed by atoms with Crippen LogP contribution in [0.15, 0.2) is 16.6 Å². The molecule has 4 heteroatoms. The van der Waals surface area contributed by atoms with Gasteiger partial charge in [0.15, 0.2) is 11.6 Å². The third kappa shape index (κ3) is 1.11. The lowest BCUT2D eigenvalue weighted by Gasteiger charge is -1.98. The Bertz CT molecular complexity index is 235. The van der Waals surface area contributed by atoms with Crippen LogP contribution < -0.4 is 5.73 Å². The fraction of sp³-hybridized carbons (Fsp3) is 0. The maximum absolute atomic E-state index is 12.5. The molecule has 1 rings (SSSR count). The van der Waals surface area contributed by atoms with E-state index in [0.29, 0.717) is 4.47 Å². The smallest absolute Gasteiger partial charge is 0.182 e. The van der Waals surface area contributed by atoms with Crippen molar-refractivity contribution in [3.8, 4) is 0 Å². The fourth-order valence-electron chi connectivity index (χ4n) is 0.543. The maximum atomic E-state index is 12.5. The van der Waals surface area contributed by atoms with E-state index in [1.807, 2.05) is 0 Å². The van der Waals surface area contributed by atoms with Gasteiger partial charge in [0, 0.05) is 4.47 Å². The average Bonchev–Trinajstić information content (AvgIpc) is 1.93. The van der Waals surface area contributed by atoms with Crippen LogP contribution in [0.4, 0.5) is 14.5 Å². The molecule has 0 atom stereocenters. The number of nitrogen functional groups attached to an aromatic ring is 1. The van der Waals surface area contributed by atoms with Crippen molar-refractivity contribution in [2.45, 2.75) is 0 Å². The van der Waals surface area contributed by atoms with Crippen LogP contribution in [0.2, 0.25) is 0 Å². The Labute approximate surface area is 65.0 Å². The summed E-state index contributed by atoms with van der Waals surface area (Å²) in [5, 5.41) is 0. The van der Waals surface area contributed by atoms with Gasteiger partial charge in [0.2, 0.25) is 0 Å². The summed E-state index contributed by atoms with van der Waals surface area (Å²) in [5.74, 6) is -1.94. The minimum atomic E-state index is -1.01. The summed E-state index contributed by atoms with van der Waals surface area (Å²) in [6.07, 6.45) is 0. The number of rotatable bonds is 0. The molecule has 0 unspecified atom stereocenters. The zero-order valence-electron chi connectivity index (χ0n) is 4.87. The van der Waals surface area contributed by atoms with Gasteiger partial charge in [-0.2, -0.15) is 0 Å². The van der Waals surface area contributed by atoms with Gasteiger partial charge in [0.25, 0.3) is 0 Å². The monoisotopic (exact) mass is 207 g/mol. The molecule has 0 aliphatic heterocycles. The molecule has 0 heterocycles. The molecule has 1 aromatic carbocycles. The topological polar surface area (TPSA) is 26.0 Å². The highest BCUT2D eigenvalue weighted by Gasteiger charge is 2.07. The molecule has 0 amide bonds. The molecule has 54 valence electrons. The van der Waals surface area contributed by atoms with Crippen LogP contribution in [0.5, 0.6) is 0 Å². The van der Waals surface area contributed by atoms with Gasteiger partial charge in [-0.05, 0) is 28.1 Å². The average molecular weight is 208 g/mol. The summed E-state index contributed by atoms with van der Waals surface area (Å²) in [7, 11) is 0. The van der Waals surface area contributed by atoms with E-state index in [1.165, 1.54) is 6.07 Å². The first-order valence-electron chi connectivity index (χ1n) is 2.52. The summed E-state index contributed by atoms with van der Waals surface area (Å²) in [4.78, 5) is 0. The Morgan fingerprint density at radius 3 is 2.40 bits per heavy atom. The van der Waals surface area contributed by atoms with Crippen molar-refractivity contribution in [3.63, 3.8) is 0 Å². The zero-order valence-corrected chi connectivity index (χ0v) is 6.45. The molecule has 10 heavy (non-hydrogen) atoms. The lowest BCUT2D eigenvalue weighted by atomic mass is 10.3. The van der Waals surface area contributed by atoms with E-state index in [9.17, 15) is 8.78 Å². The molecule has 0 aromatic heterocycles. The minimum absolute atomic E-state index is 0.194. The molecule has 0 bridgehead atoms. The van der Waals surface area contributed by atoms with Crippen LogP contribution in [0.1, 0.15) is 0 Å². The molecule has 2 N–H and O–H groups in total. The van der Waals surface area contributed by atoms with E-state index in [0.717, 1.165) is 6.07 Å². The van der Waals surface area contributed by atoms with Crippen LogP contribution in [-0.2, 0) is 0 Å². The van der Waals surface area contributed by atoms with E-state index in [4.69, 9.17) is 5.73 Å². The number of anilines is 1.